The number of rotatable bonds is 6. The van der Waals surface area contributed by atoms with Gasteiger partial charge in [0, 0.05) is 36.8 Å². The third kappa shape index (κ3) is 3.85. The Kier molecular flexibility index (Phi) is 5.89. The van der Waals surface area contributed by atoms with Crippen molar-refractivity contribution in [3.05, 3.63) is 46.9 Å². The first-order valence-electron chi connectivity index (χ1n) is 9.95. The van der Waals surface area contributed by atoms with Gasteiger partial charge in [0.1, 0.15) is 29.4 Å². The molecule has 3 N–H and O–H groups in total. The number of anilines is 1. The van der Waals surface area contributed by atoms with Gasteiger partial charge < -0.3 is 20.3 Å². The number of likely N-dealkylation sites (tertiary alicyclic amines) is 1. The number of aromatic nitrogens is 3. The lowest BCUT2D eigenvalue weighted by molar-refractivity contribution is -0.129. The standard InChI is InChI=1S/C22H21ClN6O2/c23-16-5-3-14(4-6-16)18-17(11-15(12-24)22(31)28-7-1-8-28)29(9-2-10-30)21-19(18)20(25)26-13-27-21/h3-6,11,13,30H,1-2,7-10H2,(H2,25,26,27)/b15-11+. The molecule has 0 aliphatic carbocycles. The van der Waals surface area contributed by atoms with E-state index in [9.17, 15) is 15.2 Å². The Bertz CT molecular complexity index is 1210. The van der Waals surface area contributed by atoms with Crippen LogP contribution >= 0.6 is 11.6 Å². The van der Waals surface area contributed by atoms with E-state index in [0.717, 1.165) is 12.0 Å². The molecule has 31 heavy (non-hydrogen) atoms. The maximum atomic E-state index is 12.8. The van der Waals surface area contributed by atoms with E-state index in [4.69, 9.17) is 17.3 Å². The van der Waals surface area contributed by atoms with Crippen LogP contribution < -0.4 is 5.73 Å². The molecule has 158 valence electrons. The summed E-state index contributed by atoms with van der Waals surface area (Å²) < 4.78 is 1.87. The Morgan fingerprint density at radius 3 is 2.65 bits per heavy atom. The van der Waals surface area contributed by atoms with Gasteiger partial charge in [0.25, 0.3) is 5.91 Å². The highest BCUT2D eigenvalue weighted by Crippen LogP contribution is 2.38. The van der Waals surface area contributed by atoms with Crippen LogP contribution in [0.4, 0.5) is 5.82 Å². The lowest BCUT2D eigenvalue weighted by Gasteiger charge is -2.30. The molecule has 0 saturated carbocycles. The average Bonchev–Trinajstić information content (AvgIpc) is 3.04. The number of fused-ring (bicyclic) bond motifs is 1. The summed E-state index contributed by atoms with van der Waals surface area (Å²) in [5.74, 6) is -0.00579. The molecule has 4 rings (SSSR count). The summed E-state index contributed by atoms with van der Waals surface area (Å²) in [5.41, 5.74) is 8.98. The van der Waals surface area contributed by atoms with Crippen LogP contribution in [-0.4, -0.2) is 50.1 Å². The van der Waals surface area contributed by atoms with Crippen molar-refractivity contribution < 1.29 is 9.90 Å². The molecule has 1 aliphatic rings. The lowest BCUT2D eigenvalue weighted by atomic mass is 10.0. The van der Waals surface area contributed by atoms with Crippen LogP contribution in [0.3, 0.4) is 0 Å². The fraction of sp³-hybridized carbons (Fsp3) is 0.273. The highest BCUT2D eigenvalue weighted by Gasteiger charge is 2.26. The SMILES string of the molecule is N#C/C(=C\c1c(-c2ccc(Cl)cc2)c2c(N)ncnc2n1CCCO)C(=O)N1CCC1. The molecular weight excluding hydrogens is 416 g/mol. The average molecular weight is 437 g/mol. The van der Waals surface area contributed by atoms with Gasteiger partial charge in [0.2, 0.25) is 0 Å². The van der Waals surface area contributed by atoms with Crippen molar-refractivity contribution in [2.75, 3.05) is 25.4 Å². The Morgan fingerprint density at radius 1 is 1.29 bits per heavy atom. The summed E-state index contributed by atoms with van der Waals surface area (Å²) in [6, 6.07) is 9.27. The summed E-state index contributed by atoms with van der Waals surface area (Å²) in [4.78, 5) is 23.0. The van der Waals surface area contributed by atoms with Crippen LogP contribution in [0.15, 0.2) is 36.2 Å². The predicted octanol–water partition coefficient (Wildman–Crippen LogP) is 2.86. The number of carbonyl (C=O) groups excluding carboxylic acids is 1. The summed E-state index contributed by atoms with van der Waals surface area (Å²) in [6.07, 6.45) is 4.37. The first kappa shape index (κ1) is 20.8. The molecule has 2 aromatic heterocycles. The molecule has 3 heterocycles. The van der Waals surface area contributed by atoms with E-state index in [-0.39, 0.29) is 18.1 Å². The number of aryl methyl sites for hydroxylation is 1. The van der Waals surface area contributed by atoms with Crippen molar-refractivity contribution in [3.63, 3.8) is 0 Å². The number of nitrogen functional groups attached to an aromatic ring is 1. The predicted molar refractivity (Wildman–Crippen MR) is 119 cm³/mol. The molecular formula is C22H21ClN6O2. The fourth-order valence-electron chi connectivity index (χ4n) is 3.69. The van der Waals surface area contributed by atoms with E-state index in [1.807, 2.05) is 22.8 Å². The molecule has 1 saturated heterocycles. The van der Waals surface area contributed by atoms with Gasteiger partial charge in [-0.05, 0) is 36.6 Å². The van der Waals surface area contributed by atoms with E-state index in [0.29, 0.717) is 59.2 Å². The monoisotopic (exact) mass is 436 g/mol. The lowest BCUT2D eigenvalue weighted by Crippen LogP contribution is -2.42. The van der Waals surface area contributed by atoms with Crippen LogP contribution in [0.2, 0.25) is 5.02 Å². The summed E-state index contributed by atoms with van der Waals surface area (Å²) >= 11 is 6.08. The van der Waals surface area contributed by atoms with Crippen molar-refractivity contribution in [3.8, 4) is 17.2 Å². The van der Waals surface area contributed by atoms with Crippen molar-refractivity contribution in [1.82, 2.24) is 19.4 Å². The van der Waals surface area contributed by atoms with Gasteiger partial charge >= 0.3 is 0 Å². The molecule has 1 fully saturated rings. The minimum absolute atomic E-state index is 0.0164. The quantitative estimate of drug-likeness (QED) is 0.452. The van der Waals surface area contributed by atoms with Crippen molar-refractivity contribution >= 4 is 40.4 Å². The fourth-order valence-corrected chi connectivity index (χ4v) is 3.82. The van der Waals surface area contributed by atoms with Gasteiger partial charge in [-0.25, -0.2) is 9.97 Å². The number of carbonyl (C=O) groups is 1. The minimum Gasteiger partial charge on any atom is -0.396 e. The number of aliphatic hydroxyl groups excluding tert-OH is 1. The second-order valence-corrected chi connectivity index (χ2v) is 7.71. The zero-order valence-corrected chi connectivity index (χ0v) is 17.5. The van der Waals surface area contributed by atoms with E-state index < -0.39 is 0 Å². The molecule has 0 radical (unpaired) electrons. The number of hydrogen-bond acceptors (Lipinski definition) is 6. The molecule has 9 heteroatoms. The largest absolute Gasteiger partial charge is 0.396 e. The van der Waals surface area contributed by atoms with Crippen LogP contribution in [0.1, 0.15) is 18.5 Å². The van der Waals surface area contributed by atoms with Crippen molar-refractivity contribution in [2.45, 2.75) is 19.4 Å². The Balaban J connectivity index is 2.01. The molecule has 0 atom stereocenters. The van der Waals surface area contributed by atoms with E-state index in [1.54, 1.807) is 23.1 Å². The van der Waals surface area contributed by atoms with E-state index in [2.05, 4.69) is 9.97 Å². The molecule has 0 unspecified atom stereocenters. The maximum Gasteiger partial charge on any atom is 0.264 e. The first-order valence-corrected chi connectivity index (χ1v) is 10.3. The summed E-state index contributed by atoms with van der Waals surface area (Å²) in [5, 5.41) is 20.4. The molecule has 3 aromatic rings. The highest BCUT2D eigenvalue weighted by molar-refractivity contribution is 6.30. The maximum absolute atomic E-state index is 12.8. The number of nitrogens with two attached hydrogens (primary N) is 1. The second kappa shape index (κ2) is 8.76. The zero-order valence-electron chi connectivity index (χ0n) is 16.8. The van der Waals surface area contributed by atoms with Crippen LogP contribution in [-0.2, 0) is 11.3 Å². The van der Waals surface area contributed by atoms with Gasteiger partial charge in [0.15, 0.2) is 0 Å². The van der Waals surface area contributed by atoms with Gasteiger partial charge in [-0.15, -0.1) is 0 Å². The Morgan fingerprint density at radius 2 is 2.03 bits per heavy atom. The number of hydrogen-bond donors (Lipinski definition) is 2. The van der Waals surface area contributed by atoms with Crippen molar-refractivity contribution in [1.29, 1.82) is 5.26 Å². The number of benzene rings is 1. The number of halogens is 1. The first-order chi connectivity index (χ1) is 15.0. The highest BCUT2D eigenvalue weighted by atomic mass is 35.5. The molecule has 0 bridgehead atoms. The normalized spacial score (nSPS) is 13.8. The number of nitriles is 1. The van der Waals surface area contributed by atoms with Gasteiger partial charge in [0.05, 0.1) is 11.1 Å². The number of nitrogens with zero attached hydrogens (tertiary/aromatic N) is 5. The Labute approximate surface area is 184 Å². The Hall–Kier alpha value is -3.41. The van der Waals surface area contributed by atoms with Crippen LogP contribution in [0, 0.1) is 11.3 Å². The zero-order chi connectivity index (χ0) is 22.0. The van der Waals surface area contributed by atoms with Crippen molar-refractivity contribution in [2.24, 2.45) is 0 Å². The minimum atomic E-state index is -0.297. The second-order valence-electron chi connectivity index (χ2n) is 7.27. The molecule has 1 aromatic carbocycles. The summed E-state index contributed by atoms with van der Waals surface area (Å²) in [6.45, 7) is 1.71. The van der Waals surface area contributed by atoms with Gasteiger partial charge in [-0.2, -0.15) is 5.26 Å². The third-order valence-electron chi connectivity index (χ3n) is 5.36. The molecule has 0 spiro atoms. The smallest absolute Gasteiger partial charge is 0.264 e. The summed E-state index contributed by atoms with van der Waals surface area (Å²) in [7, 11) is 0. The third-order valence-corrected chi connectivity index (χ3v) is 5.61. The number of amides is 1. The number of aliphatic hydroxyl groups is 1. The van der Waals surface area contributed by atoms with Gasteiger partial charge in [-0.3, -0.25) is 4.79 Å². The van der Waals surface area contributed by atoms with E-state index in [1.165, 1.54) is 6.33 Å². The molecule has 1 aliphatic heterocycles. The van der Waals surface area contributed by atoms with Gasteiger partial charge in [-0.1, -0.05) is 23.7 Å². The van der Waals surface area contributed by atoms with Crippen LogP contribution in [0.25, 0.3) is 28.2 Å². The molecule has 8 nitrogen and oxygen atoms in total. The van der Waals surface area contributed by atoms with Crippen LogP contribution in [0.5, 0.6) is 0 Å². The molecule has 1 amide bonds. The van der Waals surface area contributed by atoms with E-state index >= 15 is 0 Å². The topological polar surface area (TPSA) is 121 Å².